The van der Waals surface area contributed by atoms with Crippen LogP contribution in [0.2, 0.25) is 0 Å². The number of sulfonamides is 1. The molecule has 2 fully saturated rings. The summed E-state index contributed by atoms with van der Waals surface area (Å²) in [7, 11) is -3.48. The smallest absolute Gasteiger partial charge is 0.252 e. The molecule has 32 heavy (non-hydrogen) atoms. The summed E-state index contributed by atoms with van der Waals surface area (Å²) >= 11 is 1.25. The number of hydrogen-bond acceptors (Lipinski definition) is 5. The Hall–Kier alpha value is -1.74. The normalized spacial score (nSPS) is 21.7. The van der Waals surface area contributed by atoms with Crippen LogP contribution in [-0.4, -0.2) is 48.3 Å². The van der Waals surface area contributed by atoms with Crippen molar-refractivity contribution in [2.24, 2.45) is 5.92 Å². The van der Waals surface area contributed by atoms with Crippen molar-refractivity contribution in [3.05, 3.63) is 52.4 Å². The van der Waals surface area contributed by atoms with Crippen LogP contribution >= 0.6 is 11.3 Å². The number of hydrogen-bond donors (Lipinski definition) is 1. The number of nitrogens with one attached hydrogen (secondary N) is 1. The lowest BCUT2D eigenvalue weighted by Gasteiger charge is -2.44. The van der Waals surface area contributed by atoms with E-state index in [1.807, 2.05) is 4.90 Å². The van der Waals surface area contributed by atoms with Crippen molar-refractivity contribution in [3.63, 3.8) is 0 Å². The van der Waals surface area contributed by atoms with Crippen LogP contribution in [0.15, 0.2) is 39.9 Å². The lowest BCUT2D eigenvalue weighted by molar-refractivity contribution is -0.134. The second-order valence-electron chi connectivity index (χ2n) is 9.61. The fourth-order valence-electron chi connectivity index (χ4n) is 5.11. The molecule has 1 amide bonds. The van der Waals surface area contributed by atoms with E-state index >= 15 is 0 Å². The summed E-state index contributed by atoms with van der Waals surface area (Å²) in [4.78, 5) is 15.5. The average molecular weight is 476 g/mol. The minimum absolute atomic E-state index is 0.132. The predicted molar refractivity (Wildman–Crippen MR) is 128 cm³/mol. The number of piperidine rings is 1. The third-order valence-corrected chi connectivity index (χ3v) is 9.76. The predicted octanol–water partition coefficient (Wildman–Crippen LogP) is 3.89. The van der Waals surface area contributed by atoms with Crippen LogP contribution in [0.25, 0.3) is 0 Å². The van der Waals surface area contributed by atoms with E-state index in [-0.39, 0.29) is 11.9 Å². The highest BCUT2D eigenvalue weighted by molar-refractivity contribution is 7.91. The molecule has 8 heteroatoms. The summed E-state index contributed by atoms with van der Waals surface area (Å²) in [6, 6.07) is 9.62. The Balaban J connectivity index is 1.59. The van der Waals surface area contributed by atoms with Crippen LogP contribution in [0, 0.1) is 19.8 Å². The number of carbonyl (C=O) groups is 1. The van der Waals surface area contributed by atoms with Gasteiger partial charge < -0.3 is 4.90 Å². The van der Waals surface area contributed by atoms with Crippen molar-refractivity contribution >= 4 is 27.3 Å². The van der Waals surface area contributed by atoms with Gasteiger partial charge in [0, 0.05) is 19.6 Å². The molecule has 0 radical (unpaired) electrons. The van der Waals surface area contributed by atoms with Gasteiger partial charge >= 0.3 is 0 Å². The Kier molecular flexibility index (Phi) is 6.51. The minimum Gasteiger partial charge on any atom is -0.319 e. The SMILES string of the molecule is Cc1cc(C)cc(CN2C(=O)C(CC(C)C)NC23CCN(S(=O)(=O)c2cccs2)CC3)c1. The second kappa shape index (κ2) is 8.89. The number of thiophene rings is 1. The lowest BCUT2D eigenvalue weighted by Crippen LogP contribution is -2.59. The zero-order chi connectivity index (χ0) is 23.1. The highest BCUT2D eigenvalue weighted by atomic mass is 32.2. The Morgan fingerprint density at radius 3 is 2.38 bits per heavy atom. The first-order valence-corrected chi connectivity index (χ1v) is 13.6. The number of rotatable bonds is 6. The molecule has 6 nitrogen and oxygen atoms in total. The second-order valence-corrected chi connectivity index (χ2v) is 12.7. The quantitative estimate of drug-likeness (QED) is 0.688. The molecular formula is C24H33N3O3S2. The van der Waals surface area contributed by atoms with Crippen molar-refractivity contribution in [1.82, 2.24) is 14.5 Å². The van der Waals surface area contributed by atoms with Crippen molar-refractivity contribution in [2.75, 3.05) is 13.1 Å². The first kappa shape index (κ1) is 23.4. The van der Waals surface area contributed by atoms with Crippen LogP contribution in [0.1, 0.15) is 49.8 Å². The molecule has 0 aliphatic carbocycles. The molecule has 1 aromatic carbocycles. The molecule has 1 atom stereocenters. The fourth-order valence-corrected chi connectivity index (χ4v) is 7.70. The molecular weight excluding hydrogens is 442 g/mol. The van der Waals surface area contributed by atoms with Gasteiger partial charge in [-0.15, -0.1) is 11.3 Å². The van der Waals surface area contributed by atoms with Gasteiger partial charge in [0.05, 0.1) is 11.7 Å². The molecule has 0 bridgehead atoms. The molecule has 1 unspecified atom stereocenters. The zero-order valence-corrected chi connectivity index (χ0v) is 20.9. The van der Waals surface area contributed by atoms with E-state index in [4.69, 9.17) is 0 Å². The third-order valence-electron chi connectivity index (χ3n) is 6.49. The van der Waals surface area contributed by atoms with Gasteiger partial charge in [0.2, 0.25) is 5.91 Å². The lowest BCUT2D eigenvalue weighted by atomic mass is 9.96. The van der Waals surface area contributed by atoms with E-state index in [9.17, 15) is 13.2 Å². The van der Waals surface area contributed by atoms with Gasteiger partial charge in [0.25, 0.3) is 10.0 Å². The maximum Gasteiger partial charge on any atom is 0.252 e. The van der Waals surface area contributed by atoms with Gasteiger partial charge in [-0.05, 0) is 56.0 Å². The molecule has 3 heterocycles. The number of aryl methyl sites for hydroxylation is 2. The maximum absolute atomic E-state index is 13.5. The highest BCUT2D eigenvalue weighted by Crippen LogP contribution is 2.37. The molecule has 2 aromatic rings. The van der Waals surface area contributed by atoms with Gasteiger partial charge in [-0.3, -0.25) is 10.1 Å². The largest absolute Gasteiger partial charge is 0.319 e. The van der Waals surface area contributed by atoms with Crippen LogP contribution in [0.5, 0.6) is 0 Å². The van der Waals surface area contributed by atoms with Crippen LogP contribution in [0.4, 0.5) is 0 Å². The molecule has 1 spiro atoms. The van der Waals surface area contributed by atoms with E-state index in [2.05, 4.69) is 51.2 Å². The van der Waals surface area contributed by atoms with E-state index in [0.717, 1.165) is 12.0 Å². The monoisotopic (exact) mass is 475 g/mol. The number of amides is 1. The van der Waals surface area contributed by atoms with Crippen LogP contribution in [0.3, 0.4) is 0 Å². The van der Waals surface area contributed by atoms with Crippen molar-refractivity contribution in [1.29, 1.82) is 0 Å². The molecule has 1 N–H and O–H groups in total. The van der Waals surface area contributed by atoms with Gasteiger partial charge in [-0.2, -0.15) is 4.31 Å². The van der Waals surface area contributed by atoms with E-state index in [1.165, 1.54) is 22.5 Å². The van der Waals surface area contributed by atoms with Crippen molar-refractivity contribution in [3.8, 4) is 0 Å². The third kappa shape index (κ3) is 4.51. The summed E-state index contributed by atoms with van der Waals surface area (Å²) in [6.45, 7) is 9.75. The average Bonchev–Trinajstić information content (AvgIpc) is 3.32. The zero-order valence-electron chi connectivity index (χ0n) is 19.3. The highest BCUT2D eigenvalue weighted by Gasteiger charge is 2.52. The van der Waals surface area contributed by atoms with Gasteiger partial charge in [0.1, 0.15) is 4.21 Å². The van der Waals surface area contributed by atoms with Crippen LogP contribution in [-0.2, 0) is 21.4 Å². The van der Waals surface area contributed by atoms with Gasteiger partial charge in [0.15, 0.2) is 0 Å². The topological polar surface area (TPSA) is 69.7 Å². The molecule has 2 aliphatic heterocycles. The van der Waals surface area contributed by atoms with Crippen LogP contribution < -0.4 is 5.32 Å². The van der Waals surface area contributed by atoms with Crippen molar-refractivity contribution < 1.29 is 13.2 Å². The van der Waals surface area contributed by atoms with E-state index in [1.54, 1.807) is 21.8 Å². The summed E-state index contributed by atoms with van der Waals surface area (Å²) in [5.74, 6) is 0.529. The number of nitrogens with zero attached hydrogens (tertiary/aromatic N) is 2. The first-order valence-electron chi connectivity index (χ1n) is 11.3. The summed E-state index contributed by atoms with van der Waals surface area (Å²) in [5, 5.41) is 5.44. The summed E-state index contributed by atoms with van der Waals surface area (Å²) in [5.41, 5.74) is 2.99. The Morgan fingerprint density at radius 2 is 1.81 bits per heavy atom. The molecule has 2 saturated heterocycles. The summed E-state index contributed by atoms with van der Waals surface area (Å²) in [6.07, 6.45) is 1.95. The molecule has 1 aromatic heterocycles. The number of benzene rings is 1. The molecule has 2 aliphatic rings. The van der Waals surface area contributed by atoms with Gasteiger partial charge in [-0.25, -0.2) is 8.42 Å². The number of carbonyl (C=O) groups excluding carboxylic acids is 1. The molecule has 174 valence electrons. The Labute approximate surface area is 195 Å². The Bertz CT molecular complexity index is 1050. The Morgan fingerprint density at radius 1 is 1.16 bits per heavy atom. The summed E-state index contributed by atoms with van der Waals surface area (Å²) < 4.78 is 28.0. The van der Waals surface area contributed by atoms with E-state index in [0.29, 0.717) is 42.6 Å². The first-order chi connectivity index (χ1) is 15.1. The molecule has 0 saturated carbocycles. The fraction of sp³-hybridized carbons (Fsp3) is 0.542. The molecule has 4 rings (SSSR count). The minimum atomic E-state index is -3.48. The van der Waals surface area contributed by atoms with Crippen molar-refractivity contribution in [2.45, 2.75) is 69.4 Å². The van der Waals surface area contributed by atoms with Gasteiger partial charge in [-0.1, -0.05) is 49.2 Å². The standard InChI is InChI=1S/C24H33N3O3S2/c1-17(2)12-21-23(28)27(16-20-14-18(3)13-19(4)15-20)24(25-21)7-9-26(10-8-24)32(29,30)22-6-5-11-31-22/h5-6,11,13-15,17,21,25H,7-10,12,16H2,1-4H3. The van der Waals surface area contributed by atoms with E-state index < -0.39 is 15.7 Å². The maximum atomic E-state index is 13.5.